The summed E-state index contributed by atoms with van der Waals surface area (Å²) in [4.78, 5) is 28.7. The second-order valence-corrected chi connectivity index (χ2v) is 9.29. The minimum Gasteiger partial charge on any atom is -0.456 e. The van der Waals surface area contributed by atoms with Gasteiger partial charge in [-0.1, -0.05) is 50.6 Å². The molecule has 0 radical (unpaired) electrons. The molecular formula is C27H29F3N2O4. The molecule has 1 amide bonds. The van der Waals surface area contributed by atoms with Gasteiger partial charge >= 0.3 is 5.97 Å². The van der Waals surface area contributed by atoms with E-state index in [0.717, 1.165) is 30.3 Å². The maximum absolute atomic E-state index is 14.0. The first-order valence-corrected chi connectivity index (χ1v) is 11.7. The fourth-order valence-electron chi connectivity index (χ4n) is 3.96. The summed E-state index contributed by atoms with van der Waals surface area (Å²) in [5, 5.41) is 10.9. The number of primary amides is 1. The molecule has 6 nitrogen and oxygen atoms in total. The van der Waals surface area contributed by atoms with Gasteiger partial charge in [0.1, 0.15) is 11.6 Å². The second kappa shape index (κ2) is 12.0. The highest BCUT2D eigenvalue weighted by atomic mass is 19.2. The summed E-state index contributed by atoms with van der Waals surface area (Å²) < 4.78 is 46.8. The van der Waals surface area contributed by atoms with Gasteiger partial charge in [0.2, 0.25) is 5.91 Å². The maximum atomic E-state index is 14.0. The van der Waals surface area contributed by atoms with E-state index in [1.165, 1.54) is 0 Å². The quantitative estimate of drug-likeness (QED) is 0.292. The summed E-state index contributed by atoms with van der Waals surface area (Å²) in [7, 11) is 0. The number of nitrogens with two attached hydrogens (primary N) is 1. The van der Waals surface area contributed by atoms with Crippen molar-refractivity contribution in [3.63, 3.8) is 0 Å². The Bertz CT molecular complexity index is 1220. The average molecular weight is 503 g/mol. The van der Waals surface area contributed by atoms with Crippen LogP contribution in [0.15, 0.2) is 48.7 Å². The van der Waals surface area contributed by atoms with Crippen LogP contribution in [0.25, 0.3) is 10.9 Å². The first-order valence-electron chi connectivity index (χ1n) is 11.7. The summed E-state index contributed by atoms with van der Waals surface area (Å²) >= 11 is 0. The molecule has 0 unspecified atom stereocenters. The predicted octanol–water partition coefficient (Wildman–Crippen LogP) is 4.71. The summed E-state index contributed by atoms with van der Waals surface area (Å²) in [5.41, 5.74) is 5.77. The minimum absolute atomic E-state index is 0.00148. The van der Waals surface area contributed by atoms with Crippen molar-refractivity contribution in [3.05, 3.63) is 77.2 Å². The molecule has 0 bridgehead atoms. The Morgan fingerprint density at radius 2 is 1.75 bits per heavy atom. The fraction of sp³-hybridized carbons (Fsp3) is 0.370. The number of rotatable bonds is 11. The molecule has 3 rings (SSSR count). The molecular weight excluding hydrogens is 473 g/mol. The second-order valence-electron chi connectivity index (χ2n) is 9.29. The number of carbonyl (C=O) groups excluding carboxylic acids is 2. The molecule has 0 aliphatic heterocycles. The van der Waals surface area contributed by atoms with E-state index < -0.39 is 53.0 Å². The number of nitrogens with zero attached hydrogens (tertiary/aromatic N) is 1. The first kappa shape index (κ1) is 27.1. The molecule has 0 fully saturated rings. The molecule has 0 aliphatic carbocycles. The number of amides is 1. The topological polar surface area (TPSA) is 103 Å². The Morgan fingerprint density at radius 3 is 2.39 bits per heavy atom. The van der Waals surface area contributed by atoms with Gasteiger partial charge in [-0.25, -0.2) is 18.0 Å². The zero-order valence-electron chi connectivity index (χ0n) is 20.1. The van der Waals surface area contributed by atoms with Crippen LogP contribution in [0, 0.1) is 29.3 Å². The molecule has 9 heteroatoms. The Kier molecular flexibility index (Phi) is 9.03. The van der Waals surface area contributed by atoms with Crippen LogP contribution in [0.3, 0.4) is 0 Å². The van der Waals surface area contributed by atoms with Crippen LogP contribution < -0.4 is 5.73 Å². The molecule has 0 saturated carbocycles. The van der Waals surface area contributed by atoms with Gasteiger partial charge < -0.3 is 15.6 Å². The van der Waals surface area contributed by atoms with Gasteiger partial charge in [-0.05, 0) is 36.5 Å². The number of aromatic nitrogens is 1. The number of pyridine rings is 1. The lowest BCUT2D eigenvalue weighted by Crippen LogP contribution is -2.37. The molecule has 192 valence electrons. The van der Waals surface area contributed by atoms with Crippen LogP contribution in [0.2, 0.25) is 0 Å². The van der Waals surface area contributed by atoms with Gasteiger partial charge in [0, 0.05) is 23.9 Å². The Balaban J connectivity index is 1.84. The summed E-state index contributed by atoms with van der Waals surface area (Å²) in [5.74, 6) is -6.24. The molecule has 3 atom stereocenters. The molecule has 36 heavy (non-hydrogen) atoms. The van der Waals surface area contributed by atoms with E-state index in [0.29, 0.717) is 12.3 Å². The average Bonchev–Trinajstić information content (AvgIpc) is 2.84. The highest BCUT2D eigenvalue weighted by molar-refractivity contribution is 5.94. The van der Waals surface area contributed by atoms with Crippen LogP contribution in [0.1, 0.15) is 49.0 Å². The standard InChI is InChI=1S/C27H29F3N2O4/c1-15(2)8-9-17(26(31)34)13-21(33)22(10-16-6-4-3-5-7-16)36-27(35)19-11-18-12-20(28)23(29)24(30)25(18)32-14-19/h3-7,11-12,14-15,17,21-22,33H,8-10,13H2,1-2H3,(H2,31,34)/t17-,21+,22+/m1/s1. The molecule has 1 heterocycles. The normalized spacial score (nSPS) is 14.0. The third-order valence-corrected chi connectivity index (χ3v) is 6.03. The van der Waals surface area contributed by atoms with Crippen molar-refractivity contribution in [1.82, 2.24) is 4.98 Å². The van der Waals surface area contributed by atoms with E-state index in [1.807, 2.05) is 19.9 Å². The molecule has 0 spiro atoms. The van der Waals surface area contributed by atoms with Crippen LogP contribution in [-0.2, 0) is 16.0 Å². The number of carbonyl (C=O) groups is 2. The number of hydrogen-bond donors (Lipinski definition) is 2. The first-order chi connectivity index (χ1) is 17.1. The molecule has 3 N–H and O–H groups in total. The SMILES string of the molecule is CC(C)CC[C@H](C[C@H](O)[C@H](Cc1ccccc1)OC(=O)c1cnc2c(F)c(F)c(F)cc2c1)C(N)=O. The predicted molar refractivity (Wildman–Crippen MR) is 128 cm³/mol. The Labute approximate surface area is 207 Å². The fourth-order valence-corrected chi connectivity index (χ4v) is 3.96. The lowest BCUT2D eigenvalue weighted by Gasteiger charge is -2.26. The highest BCUT2D eigenvalue weighted by Crippen LogP contribution is 2.24. The van der Waals surface area contributed by atoms with Crippen LogP contribution in [-0.4, -0.2) is 34.2 Å². The number of aliphatic hydroxyl groups is 1. The Hall–Kier alpha value is -3.46. The summed E-state index contributed by atoms with van der Waals surface area (Å²) in [6.07, 6.45) is 0.107. The smallest absolute Gasteiger partial charge is 0.340 e. The van der Waals surface area contributed by atoms with Gasteiger partial charge in [-0.15, -0.1) is 0 Å². The number of benzene rings is 2. The third-order valence-electron chi connectivity index (χ3n) is 6.03. The van der Waals surface area contributed by atoms with Crippen molar-refractivity contribution in [3.8, 4) is 0 Å². The van der Waals surface area contributed by atoms with E-state index in [1.54, 1.807) is 24.3 Å². The number of aliphatic hydroxyl groups excluding tert-OH is 1. The van der Waals surface area contributed by atoms with Crippen LogP contribution in [0.4, 0.5) is 13.2 Å². The van der Waals surface area contributed by atoms with E-state index in [-0.39, 0.29) is 23.8 Å². The lowest BCUT2D eigenvalue weighted by molar-refractivity contribution is -0.123. The van der Waals surface area contributed by atoms with Crippen molar-refractivity contribution < 1.29 is 32.6 Å². The van der Waals surface area contributed by atoms with E-state index in [4.69, 9.17) is 10.5 Å². The lowest BCUT2D eigenvalue weighted by atomic mass is 9.89. The minimum atomic E-state index is -1.65. The van der Waals surface area contributed by atoms with Crippen molar-refractivity contribution in [2.45, 2.75) is 51.7 Å². The highest BCUT2D eigenvalue weighted by Gasteiger charge is 2.29. The zero-order valence-corrected chi connectivity index (χ0v) is 20.1. The van der Waals surface area contributed by atoms with Crippen molar-refractivity contribution in [1.29, 1.82) is 0 Å². The van der Waals surface area contributed by atoms with E-state index in [2.05, 4.69) is 4.98 Å². The summed E-state index contributed by atoms with van der Waals surface area (Å²) in [6.45, 7) is 4.02. The largest absolute Gasteiger partial charge is 0.456 e. The number of hydrogen-bond acceptors (Lipinski definition) is 5. The van der Waals surface area contributed by atoms with Crippen LogP contribution >= 0.6 is 0 Å². The molecule has 2 aromatic carbocycles. The van der Waals surface area contributed by atoms with Crippen LogP contribution in [0.5, 0.6) is 0 Å². The molecule has 0 aliphatic rings. The molecule has 0 saturated heterocycles. The van der Waals surface area contributed by atoms with E-state index >= 15 is 0 Å². The van der Waals surface area contributed by atoms with Crippen molar-refractivity contribution in [2.24, 2.45) is 17.6 Å². The van der Waals surface area contributed by atoms with Crippen molar-refractivity contribution in [2.75, 3.05) is 0 Å². The van der Waals surface area contributed by atoms with E-state index in [9.17, 15) is 27.9 Å². The number of esters is 1. The number of fused-ring (bicyclic) bond motifs is 1. The number of ether oxygens (including phenoxy) is 1. The zero-order chi connectivity index (χ0) is 26.4. The summed E-state index contributed by atoms with van der Waals surface area (Å²) in [6, 6.07) is 10.9. The molecule has 3 aromatic rings. The van der Waals surface area contributed by atoms with Gasteiger partial charge in [-0.2, -0.15) is 0 Å². The Morgan fingerprint density at radius 1 is 1.06 bits per heavy atom. The monoisotopic (exact) mass is 502 g/mol. The van der Waals surface area contributed by atoms with Gasteiger partial charge in [0.25, 0.3) is 0 Å². The number of halogens is 3. The van der Waals surface area contributed by atoms with Gasteiger partial charge in [-0.3, -0.25) is 9.78 Å². The third kappa shape index (κ3) is 6.81. The van der Waals surface area contributed by atoms with Gasteiger partial charge in [0.05, 0.1) is 11.7 Å². The van der Waals surface area contributed by atoms with Gasteiger partial charge in [0.15, 0.2) is 17.5 Å². The molecule has 1 aromatic heterocycles. The maximum Gasteiger partial charge on any atom is 0.340 e. The van der Waals surface area contributed by atoms with Crippen molar-refractivity contribution >= 4 is 22.8 Å².